The molecular weight excluding hydrogens is 466 g/mol. The standard InChI is InChI=1S/C21H22ClN7O3S/c1-29-8-7-12-10-16(14(22)9-13(12)11-29)25-21-26-20(18(19(23)30)27-28-21)24-15-5-3-4-6-17(15)33(2,31)32/h3-6,9-10H,7-8,11H2,1-2H3,(H2,23,30)(H2,24,25,26,28). The molecule has 4 N–H and O–H groups in total. The van der Waals surface area contributed by atoms with E-state index < -0.39 is 15.7 Å². The number of carbonyl (C=O) groups is 1. The first-order valence-corrected chi connectivity index (χ1v) is 12.3. The van der Waals surface area contributed by atoms with Crippen LogP contribution in [0.4, 0.5) is 23.1 Å². The topological polar surface area (TPSA) is 143 Å². The van der Waals surface area contributed by atoms with Crippen molar-refractivity contribution in [2.75, 3.05) is 30.5 Å². The van der Waals surface area contributed by atoms with Gasteiger partial charge in [-0.3, -0.25) is 4.79 Å². The molecule has 1 aromatic heterocycles. The number of nitrogens with one attached hydrogen (secondary N) is 2. The van der Waals surface area contributed by atoms with E-state index in [0.29, 0.717) is 10.7 Å². The van der Waals surface area contributed by atoms with Crippen LogP contribution in [0.3, 0.4) is 0 Å². The van der Waals surface area contributed by atoms with Gasteiger partial charge < -0.3 is 21.3 Å². The lowest BCUT2D eigenvalue weighted by Gasteiger charge is -2.26. The Balaban J connectivity index is 1.69. The van der Waals surface area contributed by atoms with Crippen LogP contribution >= 0.6 is 11.6 Å². The summed E-state index contributed by atoms with van der Waals surface area (Å²) in [5.41, 5.74) is 8.33. The summed E-state index contributed by atoms with van der Waals surface area (Å²) in [5.74, 6) is -0.835. The van der Waals surface area contributed by atoms with Crippen molar-refractivity contribution in [2.24, 2.45) is 5.73 Å². The maximum Gasteiger partial charge on any atom is 0.273 e. The molecule has 1 amide bonds. The lowest BCUT2D eigenvalue weighted by atomic mass is 9.99. The van der Waals surface area contributed by atoms with Crippen molar-refractivity contribution in [1.29, 1.82) is 0 Å². The Morgan fingerprint density at radius 1 is 1.12 bits per heavy atom. The Bertz CT molecular complexity index is 1350. The maximum atomic E-state index is 12.1. The quantitative estimate of drug-likeness (QED) is 0.477. The van der Waals surface area contributed by atoms with Gasteiger partial charge in [0.1, 0.15) is 0 Å². The summed E-state index contributed by atoms with van der Waals surface area (Å²) < 4.78 is 24.3. The molecule has 1 aliphatic rings. The van der Waals surface area contributed by atoms with Crippen LogP contribution in [0.2, 0.25) is 5.02 Å². The molecule has 12 heteroatoms. The lowest BCUT2D eigenvalue weighted by molar-refractivity contribution is 0.0995. The molecule has 10 nitrogen and oxygen atoms in total. The Labute approximate surface area is 196 Å². The van der Waals surface area contributed by atoms with E-state index in [2.05, 4.69) is 37.8 Å². The van der Waals surface area contributed by atoms with E-state index in [1.165, 1.54) is 11.6 Å². The van der Waals surface area contributed by atoms with Gasteiger partial charge in [-0.2, -0.15) is 4.98 Å². The molecule has 1 aliphatic heterocycles. The molecule has 0 spiro atoms. The van der Waals surface area contributed by atoms with E-state index in [1.807, 2.05) is 12.1 Å². The van der Waals surface area contributed by atoms with Gasteiger partial charge in [0.25, 0.3) is 5.91 Å². The minimum atomic E-state index is -3.54. The predicted octanol–water partition coefficient (Wildman–Crippen LogP) is 2.50. The molecule has 172 valence electrons. The molecule has 0 atom stereocenters. The number of likely N-dealkylation sites (N-methyl/N-ethyl adjacent to an activating group) is 1. The van der Waals surface area contributed by atoms with E-state index in [1.54, 1.807) is 18.2 Å². The Morgan fingerprint density at radius 2 is 1.88 bits per heavy atom. The fourth-order valence-electron chi connectivity index (χ4n) is 3.59. The van der Waals surface area contributed by atoms with Crippen LogP contribution < -0.4 is 16.4 Å². The smallest absolute Gasteiger partial charge is 0.273 e. The molecule has 0 aliphatic carbocycles. The number of benzene rings is 2. The number of anilines is 4. The molecule has 0 fully saturated rings. The van der Waals surface area contributed by atoms with Gasteiger partial charge in [-0.1, -0.05) is 23.7 Å². The Hall–Kier alpha value is -3.28. The number of hydrogen-bond donors (Lipinski definition) is 3. The van der Waals surface area contributed by atoms with E-state index >= 15 is 0 Å². The van der Waals surface area contributed by atoms with Crippen molar-refractivity contribution < 1.29 is 13.2 Å². The van der Waals surface area contributed by atoms with Gasteiger partial charge in [0.2, 0.25) is 5.95 Å². The zero-order valence-corrected chi connectivity index (χ0v) is 19.5. The van der Waals surface area contributed by atoms with E-state index in [4.69, 9.17) is 17.3 Å². The molecular formula is C21H22ClN7O3S. The number of para-hydroxylation sites is 1. The number of rotatable bonds is 6. The number of halogens is 1. The molecule has 2 heterocycles. The lowest BCUT2D eigenvalue weighted by Crippen LogP contribution is -2.26. The molecule has 0 saturated carbocycles. The number of carbonyl (C=O) groups excluding carboxylic acids is 1. The Morgan fingerprint density at radius 3 is 2.61 bits per heavy atom. The van der Waals surface area contributed by atoms with Gasteiger partial charge in [0.15, 0.2) is 21.3 Å². The molecule has 3 aromatic rings. The molecule has 2 aromatic carbocycles. The van der Waals surface area contributed by atoms with Gasteiger partial charge in [0, 0.05) is 19.3 Å². The average Bonchev–Trinajstić information content (AvgIpc) is 2.74. The average molecular weight is 488 g/mol. The van der Waals surface area contributed by atoms with E-state index in [9.17, 15) is 13.2 Å². The molecule has 0 saturated heterocycles. The molecule has 0 radical (unpaired) electrons. The first kappa shape index (κ1) is 22.9. The van der Waals surface area contributed by atoms with Crippen LogP contribution in [0, 0.1) is 0 Å². The van der Waals surface area contributed by atoms with Crippen molar-refractivity contribution in [1.82, 2.24) is 20.1 Å². The minimum absolute atomic E-state index is 0.0354. The second kappa shape index (κ2) is 8.93. The highest BCUT2D eigenvalue weighted by molar-refractivity contribution is 7.90. The van der Waals surface area contributed by atoms with Crippen molar-refractivity contribution >= 4 is 50.5 Å². The zero-order valence-electron chi connectivity index (χ0n) is 18.0. The fourth-order valence-corrected chi connectivity index (χ4v) is 4.67. The number of hydrogen-bond acceptors (Lipinski definition) is 9. The molecule has 0 unspecified atom stereocenters. The molecule has 0 bridgehead atoms. The summed E-state index contributed by atoms with van der Waals surface area (Å²) in [6.45, 7) is 1.75. The second-order valence-electron chi connectivity index (χ2n) is 7.80. The maximum absolute atomic E-state index is 12.1. The monoisotopic (exact) mass is 487 g/mol. The number of primary amides is 1. The Kier molecular flexibility index (Phi) is 6.19. The van der Waals surface area contributed by atoms with Gasteiger partial charge in [-0.25, -0.2) is 8.42 Å². The number of nitrogens with two attached hydrogens (primary N) is 1. The van der Waals surface area contributed by atoms with Crippen molar-refractivity contribution in [3.63, 3.8) is 0 Å². The third kappa shape index (κ3) is 5.05. The van der Waals surface area contributed by atoms with Crippen LogP contribution in [0.1, 0.15) is 21.6 Å². The van der Waals surface area contributed by atoms with E-state index in [0.717, 1.165) is 31.3 Å². The summed E-state index contributed by atoms with van der Waals surface area (Å²) in [6, 6.07) is 10.1. The zero-order chi connectivity index (χ0) is 23.8. The molecule has 4 rings (SSSR count). The van der Waals surface area contributed by atoms with Crippen molar-refractivity contribution in [3.8, 4) is 0 Å². The van der Waals surface area contributed by atoms with Gasteiger partial charge in [-0.15, -0.1) is 10.2 Å². The largest absolute Gasteiger partial charge is 0.364 e. The summed E-state index contributed by atoms with van der Waals surface area (Å²) in [5, 5.41) is 14.2. The summed E-state index contributed by atoms with van der Waals surface area (Å²) >= 11 is 6.47. The normalized spacial score (nSPS) is 13.9. The van der Waals surface area contributed by atoms with E-state index in [-0.39, 0.29) is 28.0 Å². The van der Waals surface area contributed by atoms with Crippen LogP contribution in [0.15, 0.2) is 41.3 Å². The highest BCUT2D eigenvalue weighted by Gasteiger charge is 2.20. The number of aromatic nitrogens is 3. The van der Waals surface area contributed by atoms with Crippen LogP contribution in [0.25, 0.3) is 0 Å². The highest BCUT2D eigenvalue weighted by Crippen LogP contribution is 2.31. The van der Waals surface area contributed by atoms with Gasteiger partial charge >= 0.3 is 0 Å². The van der Waals surface area contributed by atoms with Crippen molar-refractivity contribution in [3.05, 3.63) is 58.2 Å². The van der Waals surface area contributed by atoms with Gasteiger partial charge in [-0.05, 0) is 48.9 Å². The third-order valence-electron chi connectivity index (χ3n) is 5.20. The first-order chi connectivity index (χ1) is 15.6. The van der Waals surface area contributed by atoms with Gasteiger partial charge in [0.05, 0.1) is 21.3 Å². The number of sulfone groups is 1. The first-order valence-electron chi connectivity index (χ1n) is 9.99. The van der Waals surface area contributed by atoms with Crippen LogP contribution in [-0.2, 0) is 22.8 Å². The number of nitrogens with zero attached hydrogens (tertiary/aromatic N) is 4. The predicted molar refractivity (Wildman–Crippen MR) is 126 cm³/mol. The number of amides is 1. The summed E-state index contributed by atoms with van der Waals surface area (Å²) in [6.07, 6.45) is 1.97. The highest BCUT2D eigenvalue weighted by atomic mass is 35.5. The fraction of sp³-hybridized carbons (Fsp3) is 0.238. The SMILES string of the molecule is CN1CCc2cc(Nc3nnc(C(N)=O)c(Nc4ccccc4S(C)(=O)=O)n3)c(Cl)cc2C1. The summed E-state index contributed by atoms with van der Waals surface area (Å²) in [7, 11) is -1.49. The summed E-state index contributed by atoms with van der Waals surface area (Å²) in [4.78, 5) is 18.4. The minimum Gasteiger partial charge on any atom is -0.364 e. The molecule has 33 heavy (non-hydrogen) atoms. The van der Waals surface area contributed by atoms with Crippen molar-refractivity contribution in [2.45, 2.75) is 17.9 Å². The van der Waals surface area contributed by atoms with Crippen LogP contribution in [-0.4, -0.2) is 54.3 Å². The second-order valence-corrected chi connectivity index (χ2v) is 10.2. The van der Waals surface area contributed by atoms with Crippen LogP contribution in [0.5, 0.6) is 0 Å². The number of fused-ring (bicyclic) bond motifs is 1. The third-order valence-corrected chi connectivity index (χ3v) is 6.67.